The van der Waals surface area contributed by atoms with Crippen LogP contribution in [0.3, 0.4) is 0 Å². The number of aromatic nitrogens is 1. The molecular weight excluding hydrogens is 352 g/mol. The van der Waals surface area contributed by atoms with Crippen LogP contribution in [0.25, 0.3) is 0 Å². The van der Waals surface area contributed by atoms with Gasteiger partial charge in [-0.15, -0.1) is 0 Å². The fraction of sp³-hybridized carbons (Fsp3) is 0.133. The number of esters is 1. The SMILES string of the molecule is COC(=O)c1ccc(OCC(=O)Nc2ccc(Br)cn2)cc1. The van der Waals surface area contributed by atoms with Gasteiger partial charge >= 0.3 is 5.97 Å². The summed E-state index contributed by atoms with van der Waals surface area (Å²) in [6.07, 6.45) is 1.59. The van der Waals surface area contributed by atoms with Crippen LogP contribution in [0.2, 0.25) is 0 Å². The number of halogens is 1. The van der Waals surface area contributed by atoms with Gasteiger partial charge < -0.3 is 14.8 Å². The third-order valence-electron chi connectivity index (χ3n) is 2.64. The van der Waals surface area contributed by atoms with Crippen LogP contribution in [0.5, 0.6) is 5.75 Å². The van der Waals surface area contributed by atoms with Crippen molar-refractivity contribution >= 4 is 33.6 Å². The number of carbonyl (C=O) groups excluding carboxylic acids is 2. The van der Waals surface area contributed by atoms with Crippen LogP contribution >= 0.6 is 15.9 Å². The normalized spacial score (nSPS) is 9.91. The molecule has 1 aromatic carbocycles. The van der Waals surface area contributed by atoms with Gasteiger partial charge in [-0.25, -0.2) is 9.78 Å². The predicted molar refractivity (Wildman–Crippen MR) is 83.8 cm³/mol. The quantitative estimate of drug-likeness (QED) is 0.825. The van der Waals surface area contributed by atoms with E-state index in [0.29, 0.717) is 17.1 Å². The maximum Gasteiger partial charge on any atom is 0.337 e. The first-order valence-corrected chi connectivity index (χ1v) is 7.10. The molecule has 1 aromatic heterocycles. The smallest absolute Gasteiger partial charge is 0.337 e. The number of anilines is 1. The number of pyridine rings is 1. The molecule has 1 N–H and O–H groups in total. The van der Waals surface area contributed by atoms with Crippen molar-refractivity contribution in [3.8, 4) is 5.75 Å². The Labute approximate surface area is 135 Å². The zero-order chi connectivity index (χ0) is 15.9. The minimum atomic E-state index is -0.425. The van der Waals surface area contributed by atoms with Gasteiger partial charge in [-0.05, 0) is 52.3 Å². The molecule has 1 heterocycles. The van der Waals surface area contributed by atoms with Crippen LogP contribution in [-0.4, -0.2) is 30.6 Å². The average molecular weight is 365 g/mol. The van der Waals surface area contributed by atoms with Gasteiger partial charge in [-0.1, -0.05) is 0 Å². The van der Waals surface area contributed by atoms with E-state index in [0.717, 1.165) is 4.47 Å². The van der Waals surface area contributed by atoms with E-state index >= 15 is 0 Å². The Morgan fingerprint density at radius 1 is 1.18 bits per heavy atom. The summed E-state index contributed by atoms with van der Waals surface area (Å²) in [6, 6.07) is 9.77. The molecule has 0 bridgehead atoms. The molecule has 0 saturated carbocycles. The van der Waals surface area contributed by atoms with Gasteiger partial charge in [0.2, 0.25) is 0 Å². The molecule has 0 unspecified atom stereocenters. The molecule has 6 nitrogen and oxygen atoms in total. The number of amides is 1. The molecular formula is C15H13BrN2O4. The van der Waals surface area contributed by atoms with Crippen molar-refractivity contribution in [1.29, 1.82) is 0 Å². The second-order valence-electron chi connectivity index (χ2n) is 4.21. The maximum atomic E-state index is 11.7. The summed E-state index contributed by atoms with van der Waals surface area (Å²) in [5.41, 5.74) is 0.415. The number of ether oxygens (including phenoxy) is 2. The molecule has 0 fully saturated rings. The highest BCUT2D eigenvalue weighted by atomic mass is 79.9. The number of nitrogens with one attached hydrogen (secondary N) is 1. The number of nitrogens with zero attached hydrogens (tertiary/aromatic N) is 1. The van der Waals surface area contributed by atoms with E-state index < -0.39 is 5.97 Å². The average Bonchev–Trinajstić information content (AvgIpc) is 2.55. The number of carbonyl (C=O) groups is 2. The number of benzene rings is 1. The Bertz CT molecular complexity index is 656. The lowest BCUT2D eigenvalue weighted by molar-refractivity contribution is -0.118. The van der Waals surface area contributed by atoms with Crippen molar-refractivity contribution in [1.82, 2.24) is 4.98 Å². The van der Waals surface area contributed by atoms with E-state index in [1.165, 1.54) is 7.11 Å². The molecule has 114 valence electrons. The zero-order valence-corrected chi connectivity index (χ0v) is 13.3. The summed E-state index contributed by atoms with van der Waals surface area (Å²) < 4.78 is 10.8. The van der Waals surface area contributed by atoms with Gasteiger partial charge in [0.05, 0.1) is 12.7 Å². The van der Waals surface area contributed by atoms with E-state index in [4.69, 9.17) is 4.74 Å². The molecule has 0 saturated heterocycles. The summed E-state index contributed by atoms with van der Waals surface area (Å²) in [4.78, 5) is 27.0. The van der Waals surface area contributed by atoms with Crippen LogP contribution in [0.1, 0.15) is 10.4 Å². The number of methoxy groups -OCH3 is 1. The fourth-order valence-corrected chi connectivity index (χ4v) is 1.82. The highest BCUT2D eigenvalue weighted by molar-refractivity contribution is 9.10. The summed E-state index contributed by atoms with van der Waals surface area (Å²) in [5.74, 6) is 0.168. The molecule has 0 spiro atoms. The Morgan fingerprint density at radius 2 is 1.91 bits per heavy atom. The first-order valence-electron chi connectivity index (χ1n) is 6.31. The van der Waals surface area contributed by atoms with Gasteiger partial charge in [-0.3, -0.25) is 4.79 Å². The van der Waals surface area contributed by atoms with Gasteiger partial charge in [0.1, 0.15) is 11.6 Å². The third kappa shape index (κ3) is 4.56. The minimum Gasteiger partial charge on any atom is -0.484 e. The lowest BCUT2D eigenvalue weighted by atomic mass is 10.2. The van der Waals surface area contributed by atoms with Crippen LogP contribution in [0.15, 0.2) is 47.1 Å². The maximum absolute atomic E-state index is 11.7. The Morgan fingerprint density at radius 3 is 2.50 bits per heavy atom. The molecule has 0 aliphatic rings. The molecule has 22 heavy (non-hydrogen) atoms. The second-order valence-corrected chi connectivity index (χ2v) is 5.13. The molecule has 2 aromatic rings. The first kappa shape index (κ1) is 16.0. The first-order chi connectivity index (χ1) is 10.6. The zero-order valence-electron chi connectivity index (χ0n) is 11.7. The molecule has 0 radical (unpaired) electrons. The van der Waals surface area contributed by atoms with Crippen LogP contribution in [0, 0.1) is 0 Å². The van der Waals surface area contributed by atoms with Crippen molar-refractivity contribution in [3.63, 3.8) is 0 Å². The Balaban J connectivity index is 1.85. The van der Waals surface area contributed by atoms with Gasteiger partial charge in [0.15, 0.2) is 6.61 Å². The topological polar surface area (TPSA) is 77.5 Å². The molecule has 0 aliphatic heterocycles. The third-order valence-corrected chi connectivity index (χ3v) is 3.11. The molecule has 7 heteroatoms. The van der Waals surface area contributed by atoms with Gasteiger partial charge in [0.25, 0.3) is 5.91 Å². The van der Waals surface area contributed by atoms with Crippen LogP contribution in [0.4, 0.5) is 5.82 Å². The van der Waals surface area contributed by atoms with Crippen LogP contribution < -0.4 is 10.1 Å². The molecule has 1 amide bonds. The van der Waals surface area contributed by atoms with E-state index in [-0.39, 0.29) is 12.5 Å². The predicted octanol–water partition coefficient (Wildman–Crippen LogP) is 2.65. The minimum absolute atomic E-state index is 0.157. The van der Waals surface area contributed by atoms with Crippen molar-refractivity contribution in [2.24, 2.45) is 0 Å². The molecule has 2 rings (SSSR count). The fourth-order valence-electron chi connectivity index (χ4n) is 1.58. The standard InChI is InChI=1S/C15H13BrN2O4/c1-21-15(20)10-2-5-12(6-3-10)22-9-14(19)18-13-7-4-11(16)8-17-13/h2-8H,9H2,1H3,(H,17,18,19). The van der Waals surface area contributed by atoms with Gasteiger partial charge in [0, 0.05) is 10.7 Å². The summed E-state index contributed by atoms with van der Waals surface area (Å²) >= 11 is 3.26. The molecule has 0 atom stereocenters. The van der Waals surface area contributed by atoms with E-state index in [1.807, 2.05) is 0 Å². The van der Waals surface area contributed by atoms with Crippen molar-refractivity contribution < 1.29 is 19.1 Å². The highest BCUT2D eigenvalue weighted by Crippen LogP contribution is 2.13. The summed E-state index contributed by atoms with van der Waals surface area (Å²) in [6.45, 7) is -0.157. The van der Waals surface area contributed by atoms with Gasteiger partial charge in [-0.2, -0.15) is 0 Å². The number of hydrogen-bond acceptors (Lipinski definition) is 5. The van der Waals surface area contributed by atoms with E-state index in [1.54, 1.807) is 42.6 Å². The summed E-state index contributed by atoms with van der Waals surface area (Å²) in [5, 5.41) is 2.61. The van der Waals surface area contributed by atoms with Crippen molar-refractivity contribution in [3.05, 3.63) is 52.6 Å². The van der Waals surface area contributed by atoms with Crippen molar-refractivity contribution in [2.75, 3.05) is 19.0 Å². The second kappa shape index (κ2) is 7.56. The number of hydrogen-bond donors (Lipinski definition) is 1. The lowest BCUT2D eigenvalue weighted by Gasteiger charge is -2.07. The highest BCUT2D eigenvalue weighted by Gasteiger charge is 2.07. The summed E-state index contributed by atoms with van der Waals surface area (Å²) in [7, 11) is 1.31. The van der Waals surface area contributed by atoms with Crippen LogP contribution in [-0.2, 0) is 9.53 Å². The molecule has 0 aliphatic carbocycles. The Hall–Kier alpha value is -2.41. The largest absolute Gasteiger partial charge is 0.484 e. The Kier molecular flexibility index (Phi) is 5.48. The number of rotatable bonds is 5. The van der Waals surface area contributed by atoms with E-state index in [2.05, 4.69) is 31.0 Å². The lowest BCUT2D eigenvalue weighted by Crippen LogP contribution is -2.20. The monoisotopic (exact) mass is 364 g/mol. The van der Waals surface area contributed by atoms with E-state index in [9.17, 15) is 9.59 Å². The van der Waals surface area contributed by atoms with Crippen molar-refractivity contribution in [2.45, 2.75) is 0 Å².